The number of hydrogen-bond donors (Lipinski definition) is 1. The SMILES string of the molecule is O=C(NCCN1C(=O)SC(=Cc2ccc(F)cc2)C1=O)C1CCC1. The molecule has 1 saturated carbocycles. The van der Waals surface area contributed by atoms with E-state index in [-0.39, 0.29) is 41.9 Å². The number of carbonyl (C=O) groups excluding carboxylic acids is 3. The molecule has 126 valence electrons. The van der Waals surface area contributed by atoms with Gasteiger partial charge >= 0.3 is 0 Å². The van der Waals surface area contributed by atoms with Gasteiger partial charge in [-0.05, 0) is 48.4 Å². The molecule has 2 fully saturated rings. The van der Waals surface area contributed by atoms with Crippen LogP contribution in [0.4, 0.5) is 9.18 Å². The summed E-state index contributed by atoms with van der Waals surface area (Å²) in [5.41, 5.74) is 0.653. The molecular weight excluding hydrogens is 331 g/mol. The van der Waals surface area contributed by atoms with Crippen LogP contribution in [0.1, 0.15) is 24.8 Å². The summed E-state index contributed by atoms with van der Waals surface area (Å²) in [6.07, 6.45) is 4.47. The molecule has 1 aliphatic carbocycles. The van der Waals surface area contributed by atoms with E-state index in [9.17, 15) is 18.8 Å². The van der Waals surface area contributed by atoms with E-state index in [1.165, 1.54) is 12.1 Å². The zero-order chi connectivity index (χ0) is 17.1. The predicted molar refractivity (Wildman–Crippen MR) is 89.4 cm³/mol. The lowest BCUT2D eigenvalue weighted by Crippen LogP contribution is -2.40. The summed E-state index contributed by atoms with van der Waals surface area (Å²) in [6, 6.07) is 5.68. The van der Waals surface area contributed by atoms with Crippen molar-refractivity contribution in [3.8, 4) is 0 Å². The van der Waals surface area contributed by atoms with E-state index >= 15 is 0 Å². The lowest BCUT2D eigenvalue weighted by atomic mass is 9.85. The number of amides is 3. The normalized spacial score (nSPS) is 19.7. The second kappa shape index (κ2) is 7.17. The third kappa shape index (κ3) is 3.67. The van der Waals surface area contributed by atoms with Crippen molar-refractivity contribution >= 4 is 34.9 Å². The zero-order valence-corrected chi connectivity index (χ0v) is 13.8. The van der Waals surface area contributed by atoms with Crippen molar-refractivity contribution in [1.82, 2.24) is 10.2 Å². The lowest BCUT2D eigenvalue weighted by molar-refractivity contribution is -0.128. The molecule has 5 nitrogen and oxygen atoms in total. The summed E-state index contributed by atoms with van der Waals surface area (Å²) in [4.78, 5) is 37.4. The summed E-state index contributed by atoms with van der Waals surface area (Å²) in [6.45, 7) is 0.418. The molecule has 2 aliphatic rings. The average molecular weight is 348 g/mol. The van der Waals surface area contributed by atoms with E-state index in [4.69, 9.17) is 0 Å². The Morgan fingerprint density at radius 3 is 2.62 bits per heavy atom. The molecule has 0 aromatic heterocycles. The standard InChI is InChI=1S/C17H17FN2O3S/c18-13-6-4-11(5-7-13)10-14-16(22)20(17(23)24-14)9-8-19-15(21)12-2-1-3-12/h4-7,10,12H,1-3,8-9H2,(H,19,21). The molecule has 1 N–H and O–H groups in total. The molecule has 0 atom stereocenters. The molecule has 3 amide bonds. The van der Waals surface area contributed by atoms with Crippen LogP contribution in [0.3, 0.4) is 0 Å². The number of nitrogens with zero attached hydrogens (tertiary/aromatic N) is 1. The second-order valence-electron chi connectivity index (χ2n) is 5.80. The monoisotopic (exact) mass is 348 g/mol. The van der Waals surface area contributed by atoms with Crippen LogP contribution in [0.25, 0.3) is 6.08 Å². The molecule has 1 aromatic rings. The van der Waals surface area contributed by atoms with Crippen molar-refractivity contribution in [2.45, 2.75) is 19.3 Å². The van der Waals surface area contributed by atoms with Crippen molar-refractivity contribution in [3.63, 3.8) is 0 Å². The van der Waals surface area contributed by atoms with Gasteiger partial charge in [0.15, 0.2) is 0 Å². The van der Waals surface area contributed by atoms with Crippen LogP contribution < -0.4 is 5.32 Å². The van der Waals surface area contributed by atoms with Crippen LogP contribution in [-0.2, 0) is 9.59 Å². The van der Waals surface area contributed by atoms with Crippen molar-refractivity contribution < 1.29 is 18.8 Å². The number of nitrogens with one attached hydrogen (secondary N) is 1. The van der Waals surface area contributed by atoms with Gasteiger partial charge in [-0.25, -0.2) is 4.39 Å². The predicted octanol–water partition coefficient (Wildman–Crippen LogP) is 2.78. The number of thioether (sulfide) groups is 1. The summed E-state index contributed by atoms with van der Waals surface area (Å²) < 4.78 is 12.9. The molecule has 1 heterocycles. The van der Waals surface area contributed by atoms with Crippen molar-refractivity contribution in [3.05, 3.63) is 40.6 Å². The van der Waals surface area contributed by atoms with Gasteiger partial charge in [0.1, 0.15) is 5.82 Å². The van der Waals surface area contributed by atoms with Gasteiger partial charge in [0.05, 0.1) is 4.91 Å². The highest BCUT2D eigenvalue weighted by molar-refractivity contribution is 8.18. The zero-order valence-electron chi connectivity index (χ0n) is 13.0. The minimum atomic E-state index is -0.382. The van der Waals surface area contributed by atoms with Gasteiger partial charge in [-0.2, -0.15) is 0 Å². The Bertz CT molecular complexity index is 698. The molecule has 0 bridgehead atoms. The smallest absolute Gasteiger partial charge is 0.293 e. The van der Waals surface area contributed by atoms with Crippen LogP contribution in [0.15, 0.2) is 29.2 Å². The Labute approximate surface area is 143 Å². The van der Waals surface area contributed by atoms with Crippen LogP contribution in [0.5, 0.6) is 0 Å². The van der Waals surface area contributed by atoms with E-state index in [1.807, 2.05) is 0 Å². The molecular formula is C17H17FN2O3S. The molecule has 1 aromatic carbocycles. The molecule has 24 heavy (non-hydrogen) atoms. The maximum absolute atomic E-state index is 12.9. The largest absolute Gasteiger partial charge is 0.354 e. The second-order valence-corrected chi connectivity index (χ2v) is 6.80. The van der Waals surface area contributed by atoms with E-state index in [0.717, 1.165) is 35.9 Å². The molecule has 0 unspecified atom stereocenters. The van der Waals surface area contributed by atoms with Crippen molar-refractivity contribution in [2.24, 2.45) is 5.92 Å². The molecule has 0 spiro atoms. The molecule has 7 heteroatoms. The number of benzene rings is 1. The summed E-state index contributed by atoms with van der Waals surface area (Å²) in [7, 11) is 0. The van der Waals surface area contributed by atoms with Crippen molar-refractivity contribution in [2.75, 3.05) is 13.1 Å². The molecule has 1 saturated heterocycles. The Kier molecular flexibility index (Phi) is 4.99. The average Bonchev–Trinajstić information content (AvgIpc) is 2.75. The third-order valence-electron chi connectivity index (χ3n) is 4.15. The quantitative estimate of drug-likeness (QED) is 0.831. The first-order valence-corrected chi connectivity index (χ1v) is 8.65. The highest BCUT2D eigenvalue weighted by Crippen LogP contribution is 2.32. The Morgan fingerprint density at radius 1 is 1.29 bits per heavy atom. The first kappa shape index (κ1) is 16.7. The summed E-state index contributed by atoms with van der Waals surface area (Å²) in [5, 5.41) is 2.41. The first-order chi connectivity index (χ1) is 11.5. The Hall–Kier alpha value is -2.15. The fraction of sp³-hybridized carbons (Fsp3) is 0.353. The van der Waals surface area contributed by atoms with Gasteiger partial charge in [0.25, 0.3) is 11.1 Å². The van der Waals surface area contributed by atoms with Crippen LogP contribution in [-0.4, -0.2) is 35.0 Å². The minimum Gasteiger partial charge on any atom is -0.354 e. The number of imide groups is 1. The van der Waals surface area contributed by atoms with E-state index in [2.05, 4.69) is 5.32 Å². The van der Waals surface area contributed by atoms with E-state index in [0.29, 0.717) is 10.5 Å². The topological polar surface area (TPSA) is 66.5 Å². The van der Waals surface area contributed by atoms with Gasteiger partial charge in [-0.15, -0.1) is 0 Å². The fourth-order valence-electron chi connectivity index (χ4n) is 2.51. The summed E-state index contributed by atoms with van der Waals surface area (Å²) >= 11 is 0.854. The van der Waals surface area contributed by atoms with Gasteiger partial charge in [-0.1, -0.05) is 18.6 Å². The van der Waals surface area contributed by atoms with Crippen LogP contribution in [0.2, 0.25) is 0 Å². The van der Waals surface area contributed by atoms with Gasteiger partial charge < -0.3 is 5.32 Å². The first-order valence-electron chi connectivity index (χ1n) is 7.83. The number of rotatable bonds is 5. The maximum Gasteiger partial charge on any atom is 0.293 e. The fourth-order valence-corrected chi connectivity index (χ4v) is 3.37. The Morgan fingerprint density at radius 2 is 2.00 bits per heavy atom. The number of carbonyl (C=O) groups is 3. The van der Waals surface area contributed by atoms with Gasteiger partial charge in [0.2, 0.25) is 5.91 Å². The molecule has 3 rings (SSSR count). The molecule has 0 radical (unpaired) electrons. The van der Waals surface area contributed by atoms with Crippen molar-refractivity contribution in [1.29, 1.82) is 0 Å². The summed E-state index contributed by atoms with van der Waals surface area (Å²) in [5.74, 6) is -0.664. The highest BCUT2D eigenvalue weighted by atomic mass is 32.2. The van der Waals surface area contributed by atoms with Gasteiger partial charge in [0, 0.05) is 19.0 Å². The number of halogens is 1. The maximum atomic E-state index is 12.9. The third-order valence-corrected chi connectivity index (χ3v) is 5.06. The Balaban J connectivity index is 1.57. The number of hydrogen-bond acceptors (Lipinski definition) is 4. The van der Waals surface area contributed by atoms with E-state index in [1.54, 1.807) is 18.2 Å². The van der Waals surface area contributed by atoms with Crippen LogP contribution >= 0.6 is 11.8 Å². The van der Waals surface area contributed by atoms with Gasteiger partial charge in [-0.3, -0.25) is 19.3 Å². The van der Waals surface area contributed by atoms with E-state index < -0.39 is 0 Å². The molecule has 1 aliphatic heterocycles. The minimum absolute atomic E-state index is 0.00456. The van der Waals surface area contributed by atoms with Crippen LogP contribution in [0, 0.1) is 11.7 Å². The lowest BCUT2D eigenvalue weighted by Gasteiger charge is -2.24. The highest BCUT2D eigenvalue weighted by Gasteiger charge is 2.35.